The molecule has 0 radical (unpaired) electrons. The first kappa shape index (κ1) is 10.2. The number of aliphatic hydroxyl groups is 1. The van der Waals surface area contributed by atoms with E-state index in [1.807, 2.05) is 6.07 Å². The summed E-state index contributed by atoms with van der Waals surface area (Å²) in [7, 11) is 0. The first-order valence-corrected chi connectivity index (χ1v) is 4.03. The van der Waals surface area contributed by atoms with Crippen LogP contribution in [-0.2, 0) is 6.61 Å². The van der Waals surface area contributed by atoms with Gasteiger partial charge in [-0.15, -0.1) is 0 Å². The van der Waals surface area contributed by atoms with Crippen LogP contribution in [0.1, 0.15) is 17.5 Å². The zero-order valence-electron chi connectivity index (χ0n) is 7.42. The van der Waals surface area contributed by atoms with Gasteiger partial charge in [0.2, 0.25) is 0 Å². The molecule has 0 aliphatic rings. The van der Waals surface area contributed by atoms with Crippen LogP contribution in [0, 0.1) is 29.0 Å². The maximum atomic E-state index is 13.1. The highest BCUT2D eigenvalue weighted by Gasteiger charge is 1.99. The summed E-state index contributed by atoms with van der Waals surface area (Å²) in [4.78, 5) is 0. The zero-order valence-corrected chi connectivity index (χ0v) is 7.42. The fourth-order valence-corrected chi connectivity index (χ4v) is 0.946. The fraction of sp³-hybridized carbons (Fsp3) is 0.182. The Hall–Kier alpha value is -1.84. The van der Waals surface area contributed by atoms with E-state index in [1.165, 1.54) is 18.2 Å². The van der Waals surface area contributed by atoms with Gasteiger partial charge in [0.15, 0.2) is 0 Å². The van der Waals surface area contributed by atoms with Crippen molar-refractivity contribution in [3.8, 4) is 17.9 Å². The van der Waals surface area contributed by atoms with Crippen molar-refractivity contribution in [3.63, 3.8) is 0 Å². The quantitative estimate of drug-likeness (QED) is 0.681. The van der Waals surface area contributed by atoms with E-state index in [2.05, 4.69) is 11.8 Å². The maximum absolute atomic E-state index is 13.1. The first-order valence-electron chi connectivity index (χ1n) is 4.03. The van der Waals surface area contributed by atoms with E-state index in [0.717, 1.165) is 0 Å². The Labute approximate surface area is 81.6 Å². The Kier molecular flexibility index (Phi) is 3.67. The molecule has 0 unspecified atom stereocenters. The first-order chi connectivity index (χ1) is 6.77. The number of hydrogen-bond acceptors (Lipinski definition) is 2. The second-order valence-corrected chi connectivity index (χ2v) is 2.61. The fourth-order valence-electron chi connectivity index (χ4n) is 0.946. The maximum Gasteiger partial charge on any atom is 0.138 e. The molecule has 1 aromatic rings. The molecule has 0 saturated carbocycles. The minimum Gasteiger partial charge on any atom is -0.392 e. The Bertz CT molecular complexity index is 423. The smallest absolute Gasteiger partial charge is 0.138 e. The van der Waals surface area contributed by atoms with Crippen LogP contribution >= 0.6 is 0 Å². The van der Waals surface area contributed by atoms with E-state index >= 15 is 0 Å². The van der Waals surface area contributed by atoms with Crippen molar-refractivity contribution in [2.24, 2.45) is 0 Å². The highest BCUT2D eigenvalue weighted by molar-refractivity contribution is 5.38. The lowest BCUT2D eigenvalue weighted by Gasteiger charge is -1.97. The Balaban J connectivity index is 2.98. The summed E-state index contributed by atoms with van der Waals surface area (Å²) in [5.74, 6) is 4.60. The molecule has 14 heavy (non-hydrogen) atoms. The standard InChI is InChI=1S/C11H8FNO/c12-11-5-4-9(8-14)7-10(11)3-1-2-6-13/h4-5,7,14H,2,8H2. The number of nitrogens with zero attached hydrogens (tertiary/aromatic N) is 1. The second kappa shape index (κ2) is 5.01. The SMILES string of the molecule is N#CCC#Cc1cc(CO)ccc1F. The van der Waals surface area contributed by atoms with E-state index in [-0.39, 0.29) is 18.6 Å². The number of hydrogen-bond donors (Lipinski definition) is 1. The minimum absolute atomic E-state index is 0.0722. The molecular weight excluding hydrogens is 181 g/mol. The molecule has 0 spiro atoms. The molecule has 0 saturated heterocycles. The number of rotatable bonds is 1. The van der Waals surface area contributed by atoms with E-state index < -0.39 is 5.82 Å². The van der Waals surface area contributed by atoms with E-state index in [9.17, 15) is 4.39 Å². The van der Waals surface area contributed by atoms with Crippen LogP contribution in [0.25, 0.3) is 0 Å². The van der Waals surface area contributed by atoms with E-state index in [4.69, 9.17) is 10.4 Å². The van der Waals surface area contributed by atoms with Crippen molar-refractivity contribution in [1.82, 2.24) is 0 Å². The average Bonchev–Trinajstić information content (AvgIpc) is 2.21. The van der Waals surface area contributed by atoms with Crippen molar-refractivity contribution in [2.75, 3.05) is 0 Å². The molecular formula is C11H8FNO. The van der Waals surface area contributed by atoms with Gasteiger partial charge in [-0.2, -0.15) is 5.26 Å². The Morgan fingerprint density at radius 3 is 2.86 bits per heavy atom. The van der Waals surface area contributed by atoms with Crippen LogP contribution in [0.2, 0.25) is 0 Å². The monoisotopic (exact) mass is 189 g/mol. The molecule has 70 valence electrons. The molecule has 0 aromatic heterocycles. The average molecular weight is 189 g/mol. The lowest BCUT2D eigenvalue weighted by atomic mass is 10.1. The van der Waals surface area contributed by atoms with Gasteiger partial charge in [0.1, 0.15) is 5.82 Å². The molecule has 1 rings (SSSR count). The van der Waals surface area contributed by atoms with Crippen molar-refractivity contribution in [2.45, 2.75) is 13.0 Å². The molecule has 0 bridgehead atoms. The van der Waals surface area contributed by atoms with Crippen molar-refractivity contribution in [1.29, 1.82) is 5.26 Å². The van der Waals surface area contributed by atoms with Gasteiger partial charge >= 0.3 is 0 Å². The van der Waals surface area contributed by atoms with Gasteiger partial charge in [0.05, 0.1) is 24.7 Å². The summed E-state index contributed by atoms with van der Waals surface area (Å²) in [5, 5.41) is 17.0. The van der Waals surface area contributed by atoms with Gasteiger partial charge < -0.3 is 5.11 Å². The lowest BCUT2D eigenvalue weighted by Crippen LogP contribution is -1.88. The van der Waals surface area contributed by atoms with E-state index in [0.29, 0.717) is 5.56 Å². The summed E-state index contributed by atoms with van der Waals surface area (Å²) >= 11 is 0. The lowest BCUT2D eigenvalue weighted by molar-refractivity contribution is 0.281. The molecule has 0 aliphatic heterocycles. The summed E-state index contributed by atoms with van der Waals surface area (Å²) in [6.45, 7) is -0.146. The molecule has 0 heterocycles. The predicted octanol–water partition coefficient (Wildman–Crippen LogP) is 1.58. The van der Waals surface area contributed by atoms with Gasteiger partial charge in [-0.25, -0.2) is 4.39 Å². The van der Waals surface area contributed by atoms with Gasteiger partial charge in [-0.05, 0) is 17.7 Å². The van der Waals surface area contributed by atoms with Crippen LogP contribution in [0.4, 0.5) is 4.39 Å². The third kappa shape index (κ3) is 2.58. The summed E-state index contributed by atoms with van der Waals surface area (Å²) in [5.41, 5.74) is 0.819. The normalized spacial score (nSPS) is 8.64. The Morgan fingerprint density at radius 2 is 2.21 bits per heavy atom. The van der Waals surface area contributed by atoms with Crippen LogP contribution in [0.3, 0.4) is 0 Å². The summed E-state index contributed by atoms with van der Waals surface area (Å²) in [6.07, 6.45) is 0.0722. The third-order valence-electron chi connectivity index (χ3n) is 1.60. The van der Waals surface area contributed by atoms with Crippen LogP contribution < -0.4 is 0 Å². The van der Waals surface area contributed by atoms with Crippen LogP contribution in [-0.4, -0.2) is 5.11 Å². The van der Waals surface area contributed by atoms with Crippen LogP contribution in [0.5, 0.6) is 0 Å². The number of nitriles is 1. The molecule has 0 amide bonds. The van der Waals surface area contributed by atoms with E-state index in [1.54, 1.807) is 0 Å². The molecule has 0 fully saturated rings. The minimum atomic E-state index is -0.437. The van der Waals surface area contributed by atoms with Crippen molar-refractivity contribution >= 4 is 0 Å². The van der Waals surface area contributed by atoms with Gasteiger partial charge in [-0.1, -0.05) is 17.9 Å². The van der Waals surface area contributed by atoms with Crippen LogP contribution in [0.15, 0.2) is 18.2 Å². The Morgan fingerprint density at radius 1 is 1.43 bits per heavy atom. The van der Waals surface area contributed by atoms with Gasteiger partial charge in [-0.3, -0.25) is 0 Å². The van der Waals surface area contributed by atoms with Gasteiger partial charge in [0, 0.05) is 0 Å². The zero-order chi connectivity index (χ0) is 10.4. The molecule has 1 aromatic carbocycles. The number of aliphatic hydroxyl groups excluding tert-OH is 1. The third-order valence-corrected chi connectivity index (χ3v) is 1.60. The molecule has 0 atom stereocenters. The molecule has 3 heteroatoms. The largest absolute Gasteiger partial charge is 0.392 e. The number of benzene rings is 1. The summed E-state index contributed by atoms with van der Waals surface area (Å²) in [6, 6.07) is 6.06. The highest BCUT2D eigenvalue weighted by Crippen LogP contribution is 2.09. The molecule has 0 aliphatic carbocycles. The summed E-state index contributed by atoms with van der Waals surface area (Å²) < 4.78 is 13.1. The van der Waals surface area contributed by atoms with Crippen molar-refractivity contribution in [3.05, 3.63) is 35.1 Å². The highest BCUT2D eigenvalue weighted by atomic mass is 19.1. The second-order valence-electron chi connectivity index (χ2n) is 2.61. The molecule has 2 nitrogen and oxygen atoms in total. The topological polar surface area (TPSA) is 44.0 Å². The van der Waals surface area contributed by atoms with Gasteiger partial charge in [0.25, 0.3) is 0 Å². The molecule has 1 N–H and O–H groups in total. The van der Waals surface area contributed by atoms with Crippen molar-refractivity contribution < 1.29 is 9.50 Å². The number of halogens is 1. The predicted molar refractivity (Wildman–Crippen MR) is 49.4 cm³/mol.